The number of carbonyl (C=O) groups is 1. The average molecular weight is 341 g/mol. The maximum absolute atomic E-state index is 12.1. The summed E-state index contributed by atoms with van der Waals surface area (Å²) in [5, 5.41) is 7.14. The molecule has 3 rings (SSSR count). The normalized spacial score (nSPS) is 20.4. The molecule has 2 aromatic rings. The molecule has 1 aliphatic rings. The van der Waals surface area contributed by atoms with Gasteiger partial charge in [0.25, 0.3) is 0 Å². The number of hydrogen-bond acceptors (Lipinski definition) is 3. The Hall–Kier alpha value is -2.14. The Labute approximate surface area is 149 Å². The van der Waals surface area contributed by atoms with Gasteiger partial charge in [0.1, 0.15) is 0 Å². The van der Waals surface area contributed by atoms with Crippen LogP contribution in [-0.4, -0.2) is 34.9 Å². The molecule has 0 bridgehead atoms. The topological polar surface area (TPSA) is 56.1 Å². The van der Waals surface area contributed by atoms with E-state index in [9.17, 15) is 4.79 Å². The van der Waals surface area contributed by atoms with Crippen LogP contribution in [0.2, 0.25) is 0 Å². The second kappa shape index (κ2) is 8.81. The van der Waals surface area contributed by atoms with E-state index < -0.39 is 0 Å². The fourth-order valence-electron chi connectivity index (χ4n) is 3.37. The van der Waals surface area contributed by atoms with Crippen LogP contribution in [0.25, 0.3) is 5.69 Å². The minimum atomic E-state index is 0.0344. The molecule has 0 spiro atoms. The number of nitrogens with zero attached hydrogens (tertiary/aromatic N) is 2. The highest BCUT2D eigenvalue weighted by Crippen LogP contribution is 2.25. The van der Waals surface area contributed by atoms with Gasteiger partial charge in [-0.15, -0.1) is 0 Å². The number of rotatable bonds is 7. The molecule has 5 heteroatoms. The Morgan fingerprint density at radius 1 is 1.28 bits per heavy atom. The summed E-state index contributed by atoms with van der Waals surface area (Å²) in [4.78, 5) is 12.1. The van der Waals surface area contributed by atoms with Crippen molar-refractivity contribution in [1.82, 2.24) is 15.1 Å². The van der Waals surface area contributed by atoms with Crippen molar-refractivity contribution < 1.29 is 9.53 Å². The lowest BCUT2D eigenvalue weighted by molar-refractivity contribution is -0.120. The first-order valence-corrected chi connectivity index (χ1v) is 9.19. The van der Waals surface area contributed by atoms with E-state index in [0.717, 1.165) is 17.7 Å². The fraction of sp³-hybridized carbons (Fsp3) is 0.500. The number of hydrogen-bond donors (Lipinski definition) is 1. The van der Waals surface area contributed by atoms with Crippen LogP contribution in [0.1, 0.15) is 38.2 Å². The van der Waals surface area contributed by atoms with Gasteiger partial charge in [0.05, 0.1) is 24.8 Å². The first-order chi connectivity index (χ1) is 12.2. The predicted molar refractivity (Wildman–Crippen MR) is 97.6 cm³/mol. The summed E-state index contributed by atoms with van der Waals surface area (Å²) >= 11 is 0. The van der Waals surface area contributed by atoms with Crippen molar-refractivity contribution in [3.63, 3.8) is 0 Å². The largest absolute Gasteiger partial charge is 0.376 e. The molecule has 1 aromatic carbocycles. The van der Waals surface area contributed by atoms with Crippen molar-refractivity contribution in [3.8, 4) is 5.69 Å². The van der Waals surface area contributed by atoms with E-state index in [4.69, 9.17) is 4.74 Å². The van der Waals surface area contributed by atoms with Gasteiger partial charge in [0, 0.05) is 18.9 Å². The van der Waals surface area contributed by atoms with Crippen LogP contribution in [0.5, 0.6) is 0 Å². The number of ether oxygens (including phenoxy) is 1. The van der Waals surface area contributed by atoms with Gasteiger partial charge >= 0.3 is 0 Å². The van der Waals surface area contributed by atoms with Crippen molar-refractivity contribution in [3.05, 3.63) is 48.3 Å². The molecular formula is C20H27N3O2. The smallest absolute Gasteiger partial charge is 0.224 e. The Morgan fingerprint density at radius 3 is 2.80 bits per heavy atom. The van der Waals surface area contributed by atoms with E-state index in [1.807, 2.05) is 36.5 Å². The van der Waals surface area contributed by atoms with Gasteiger partial charge in [0.2, 0.25) is 5.91 Å². The van der Waals surface area contributed by atoms with E-state index in [2.05, 4.69) is 17.3 Å². The van der Waals surface area contributed by atoms with E-state index >= 15 is 0 Å². The lowest BCUT2D eigenvalue weighted by Crippen LogP contribution is -2.32. The standard InChI is InChI=1S/C20H27N3O2/c1-16-5-2-3-6-19(16)25-14-12-21-20(24)15-17-7-9-18(10-8-17)23-13-4-11-22-23/h4,7-11,13,16,19H,2-3,5-6,12,14-15H2,1H3,(H,21,24). The zero-order valence-electron chi connectivity index (χ0n) is 14.9. The SMILES string of the molecule is CC1CCCCC1OCCNC(=O)Cc1ccc(-n2cccn2)cc1. The summed E-state index contributed by atoms with van der Waals surface area (Å²) in [6.07, 6.45) is 9.38. The molecule has 1 heterocycles. The molecule has 25 heavy (non-hydrogen) atoms. The highest BCUT2D eigenvalue weighted by atomic mass is 16.5. The van der Waals surface area contributed by atoms with Gasteiger partial charge in [-0.3, -0.25) is 4.79 Å². The number of carbonyl (C=O) groups excluding carboxylic acids is 1. The van der Waals surface area contributed by atoms with Crippen molar-refractivity contribution in [2.24, 2.45) is 5.92 Å². The van der Waals surface area contributed by atoms with Crippen molar-refractivity contribution in [2.45, 2.75) is 45.1 Å². The maximum atomic E-state index is 12.1. The number of amides is 1. The molecule has 1 aromatic heterocycles. The van der Waals surface area contributed by atoms with Crippen molar-refractivity contribution in [1.29, 1.82) is 0 Å². The summed E-state index contributed by atoms with van der Waals surface area (Å²) in [6, 6.07) is 9.78. The average Bonchev–Trinajstić information content (AvgIpc) is 3.15. The maximum Gasteiger partial charge on any atom is 0.224 e. The van der Waals surface area contributed by atoms with E-state index in [-0.39, 0.29) is 5.91 Å². The Morgan fingerprint density at radius 2 is 2.08 bits per heavy atom. The van der Waals surface area contributed by atoms with Crippen LogP contribution in [0.3, 0.4) is 0 Å². The molecule has 0 aliphatic heterocycles. The fourth-order valence-corrected chi connectivity index (χ4v) is 3.37. The second-order valence-corrected chi connectivity index (χ2v) is 6.81. The van der Waals surface area contributed by atoms with Crippen LogP contribution in [0.4, 0.5) is 0 Å². The first kappa shape index (κ1) is 17.7. The van der Waals surface area contributed by atoms with Crippen LogP contribution in [0, 0.1) is 5.92 Å². The molecule has 134 valence electrons. The van der Waals surface area contributed by atoms with Crippen molar-refractivity contribution >= 4 is 5.91 Å². The zero-order chi connectivity index (χ0) is 17.5. The lowest BCUT2D eigenvalue weighted by Gasteiger charge is -2.28. The van der Waals surface area contributed by atoms with Crippen LogP contribution >= 0.6 is 0 Å². The summed E-state index contributed by atoms with van der Waals surface area (Å²) in [5.41, 5.74) is 1.99. The van der Waals surface area contributed by atoms with E-state index in [1.54, 1.807) is 10.9 Å². The Kier molecular flexibility index (Phi) is 6.23. The molecule has 1 amide bonds. The second-order valence-electron chi connectivity index (χ2n) is 6.81. The summed E-state index contributed by atoms with van der Waals surface area (Å²) in [7, 11) is 0. The molecule has 1 N–H and O–H groups in total. The van der Waals surface area contributed by atoms with E-state index in [1.165, 1.54) is 19.3 Å². The van der Waals surface area contributed by atoms with Gasteiger partial charge in [-0.05, 0) is 42.5 Å². The highest BCUT2D eigenvalue weighted by Gasteiger charge is 2.21. The number of benzene rings is 1. The lowest BCUT2D eigenvalue weighted by atomic mass is 9.88. The Bertz CT molecular complexity index is 652. The van der Waals surface area contributed by atoms with Gasteiger partial charge in [-0.2, -0.15) is 5.10 Å². The molecule has 1 saturated carbocycles. The molecule has 2 unspecified atom stereocenters. The highest BCUT2D eigenvalue weighted by molar-refractivity contribution is 5.78. The third kappa shape index (κ3) is 5.16. The number of nitrogens with one attached hydrogen (secondary N) is 1. The van der Waals surface area contributed by atoms with Gasteiger partial charge in [0.15, 0.2) is 0 Å². The minimum absolute atomic E-state index is 0.0344. The van der Waals surface area contributed by atoms with Crippen molar-refractivity contribution in [2.75, 3.05) is 13.2 Å². The summed E-state index contributed by atoms with van der Waals surface area (Å²) < 4.78 is 7.73. The molecule has 0 saturated heterocycles. The molecule has 2 atom stereocenters. The van der Waals surface area contributed by atoms with Crippen LogP contribution in [-0.2, 0) is 16.0 Å². The van der Waals surface area contributed by atoms with Gasteiger partial charge in [-0.1, -0.05) is 31.9 Å². The molecule has 0 radical (unpaired) electrons. The summed E-state index contributed by atoms with van der Waals surface area (Å²) in [6.45, 7) is 3.43. The number of aromatic nitrogens is 2. The molecule has 1 aliphatic carbocycles. The molecule has 5 nitrogen and oxygen atoms in total. The van der Waals surface area contributed by atoms with Crippen LogP contribution < -0.4 is 5.32 Å². The van der Waals surface area contributed by atoms with Crippen LogP contribution in [0.15, 0.2) is 42.7 Å². The van der Waals surface area contributed by atoms with Gasteiger partial charge < -0.3 is 10.1 Å². The van der Waals surface area contributed by atoms with Gasteiger partial charge in [-0.25, -0.2) is 4.68 Å². The monoisotopic (exact) mass is 341 g/mol. The molecule has 1 fully saturated rings. The molecular weight excluding hydrogens is 314 g/mol. The predicted octanol–water partition coefficient (Wildman–Crippen LogP) is 3.13. The third-order valence-corrected chi connectivity index (χ3v) is 4.86. The first-order valence-electron chi connectivity index (χ1n) is 9.19. The van der Waals surface area contributed by atoms with E-state index in [0.29, 0.717) is 31.6 Å². The Balaban J connectivity index is 1.37. The third-order valence-electron chi connectivity index (χ3n) is 4.86. The minimum Gasteiger partial charge on any atom is -0.376 e. The quantitative estimate of drug-likeness (QED) is 0.787. The summed E-state index contributed by atoms with van der Waals surface area (Å²) in [5.74, 6) is 0.671. The zero-order valence-corrected chi connectivity index (χ0v) is 14.9.